The van der Waals surface area contributed by atoms with Crippen molar-refractivity contribution in [3.8, 4) is 11.5 Å². The quantitative estimate of drug-likeness (QED) is 0.810. The highest BCUT2D eigenvalue weighted by Crippen LogP contribution is 2.29. The smallest absolute Gasteiger partial charge is 0.252 e. The van der Waals surface area contributed by atoms with Gasteiger partial charge in [-0.3, -0.25) is 4.79 Å². The summed E-state index contributed by atoms with van der Waals surface area (Å²) >= 11 is 0. The molecule has 0 aliphatic heterocycles. The van der Waals surface area contributed by atoms with Gasteiger partial charge >= 0.3 is 0 Å². The van der Waals surface area contributed by atoms with Crippen LogP contribution in [0.3, 0.4) is 0 Å². The second-order valence-electron chi connectivity index (χ2n) is 3.54. The molecule has 0 spiro atoms. The van der Waals surface area contributed by atoms with Gasteiger partial charge in [0.2, 0.25) is 0 Å². The molecule has 2 rings (SSSR count). The van der Waals surface area contributed by atoms with Crippen LogP contribution in [0.25, 0.3) is 0 Å². The van der Waals surface area contributed by atoms with E-state index in [1.807, 2.05) is 0 Å². The van der Waals surface area contributed by atoms with Crippen LogP contribution in [0.15, 0.2) is 18.2 Å². The van der Waals surface area contributed by atoms with E-state index in [0.29, 0.717) is 23.2 Å². The summed E-state index contributed by atoms with van der Waals surface area (Å²) in [5.74, 6) is 0.644. The van der Waals surface area contributed by atoms with E-state index in [0.717, 1.165) is 12.8 Å². The van der Waals surface area contributed by atoms with Gasteiger partial charge in [0.05, 0.1) is 18.8 Å². The normalized spacial score (nSPS) is 14.7. The predicted molar refractivity (Wildman–Crippen MR) is 55.2 cm³/mol. The number of primary amides is 1. The van der Waals surface area contributed by atoms with E-state index in [9.17, 15) is 4.79 Å². The van der Waals surface area contributed by atoms with E-state index in [2.05, 4.69) is 0 Å². The van der Waals surface area contributed by atoms with E-state index in [-0.39, 0.29) is 0 Å². The van der Waals surface area contributed by atoms with Crippen LogP contribution in [0.5, 0.6) is 11.5 Å². The highest BCUT2D eigenvalue weighted by molar-refractivity contribution is 5.96. The first kappa shape index (κ1) is 9.83. The minimum atomic E-state index is -0.506. The van der Waals surface area contributed by atoms with Crippen molar-refractivity contribution in [2.24, 2.45) is 5.73 Å². The van der Waals surface area contributed by atoms with Crippen molar-refractivity contribution in [3.05, 3.63) is 23.8 Å². The molecule has 0 radical (unpaired) electrons. The topological polar surface area (TPSA) is 61.6 Å². The largest absolute Gasteiger partial charge is 0.496 e. The van der Waals surface area contributed by atoms with Gasteiger partial charge in [0, 0.05) is 0 Å². The Bertz CT molecular complexity index is 385. The molecule has 15 heavy (non-hydrogen) atoms. The Labute approximate surface area is 88.0 Å². The van der Waals surface area contributed by atoms with E-state index in [4.69, 9.17) is 15.2 Å². The van der Waals surface area contributed by atoms with Crippen LogP contribution >= 0.6 is 0 Å². The lowest BCUT2D eigenvalue weighted by Crippen LogP contribution is -2.12. The van der Waals surface area contributed by atoms with Crippen LogP contribution in [0.1, 0.15) is 23.2 Å². The number of ether oxygens (including phenoxy) is 2. The molecule has 4 nitrogen and oxygen atoms in total. The lowest BCUT2D eigenvalue weighted by atomic mass is 10.2. The summed E-state index contributed by atoms with van der Waals surface area (Å²) in [6, 6.07) is 5.10. The molecule has 1 fully saturated rings. The molecule has 0 atom stereocenters. The fraction of sp³-hybridized carbons (Fsp3) is 0.364. The van der Waals surface area contributed by atoms with Crippen molar-refractivity contribution in [2.75, 3.05) is 7.11 Å². The SMILES string of the molecule is COc1ccc(OC2CC2)cc1C(N)=O. The van der Waals surface area contributed by atoms with E-state index < -0.39 is 5.91 Å². The second kappa shape index (κ2) is 3.81. The van der Waals surface area contributed by atoms with Crippen LogP contribution in [0, 0.1) is 0 Å². The standard InChI is InChI=1S/C11H13NO3/c1-14-10-5-4-8(15-7-2-3-7)6-9(10)11(12)13/h4-7H,2-3H2,1H3,(H2,12,13). The molecule has 4 heteroatoms. The number of hydrogen-bond acceptors (Lipinski definition) is 3. The first-order chi connectivity index (χ1) is 7.20. The molecule has 2 N–H and O–H groups in total. The Kier molecular flexibility index (Phi) is 2.49. The maximum atomic E-state index is 11.1. The Morgan fingerprint density at radius 3 is 2.73 bits per heavy atom. The van der Waals surface area contributed by atoms with Crippen molar-refractivity contribution in [1.82, 2.24) is 0 Å². The number of carbonyl (C=O) groups excluding carboxylic acids is 1. The van der Waals surface area contributed by atoms with E-state index in [1.54, 1.807) is 18.2 Å². The minimum absolute atomic E-state index is 0.305. The molecule has 0 unspecified atom stereocenters. The number of benzene rings is 1. The van der Waals surface area contributed by atoms with Gasteiger partial charge in [-0.15, -0.1) is 0 Å². The van der Waals surface area contributed by atoms with Crippen molar-refractivity contribution >= 4 is 5.91 Å². The summed E-state index contributed by atoms with van der Waals surface area (Å²) in [4.78, 5) is 11.1. The van der Waals surface area contributed by atoms with Crippen molar-refractivity contribution in [1.29, 1.82) is 0 Å². The number of hydrogen-bond donors (Lipinski definition) is 1. The molecule has 80 valence electrons. The number of rotatable bonds is 4. The summed E-state index contributed by atoms with van der Waals surface area (Å²) in [6.45, 7) is 0. The zero-order chi connectivity index (χ0) is 10.8. The zero-order valence-corrected chi connectivity index (χ0v) is 8.53. The zero-order valence-electron chi connectivity index (χ0n) is 8.53. The average molecular weight is 207 g/mol. The molecule has 1 aliphatic carbocycles. The molecule has 0 saturated heterocycles. The highest BCUT2D eigenvalue weighted by atomic mass is 16.5. The van der Waals surface area contributed by atoms with Gasteiger partial charge in [-0.25, -0.2) is 0 Å². The molecule has 1 saturated carbocycles. The molecule has 1 amide bonds. The monoisotopic (exact) mass is 207 g/mol. The van der Waals surface area contributed by atoms with Crippen LogP contribution in [0.4, 0.5) is 0 Å². The fourth-order valence-electron chi connectivity index (χ4n) is 1.33. The van der Waals surface area contributed by atoms with Crippen molar-refractivity contribution in [2.45, 2.75) is 18.9 Å². The molecule has 0 aromatic heterocycles. The maximum Gasteiger partial charge on any atom is 0.252 e. The Morgan fingerprint density at radius 1 is 1.47 bits per heavy atom. The second-order valence-corrected chi connectivity index (χ2v) is 3.54. The summed E-state index contributed by atoms with van der Waals surface area (Å²) < 4.78 is 10.6. The molecular weight excluding hydrogens is 194 g/mol. The van der Waals surface area contributed by atoms with Crippen molar-refractivity contribution < 1.29 is 14.3 Å². The molecular formula is C11H13NO3. The average Bonchev–Trinajstić information content (AvgIpc) is 3.01. The molecule has 1 aromatic rings. The van der Waals surface area contributed by atoms with Gasteiger partial charge in [0.15, 0.2) is 0 Å². The molecule has 0 heterocycles. The van der Waals surface area contributed by atoms with Crippen molar-refractivity contribution in [3.63, 3.8) is 0 Å². The van der Waals surface area contributed by atoms with Gasteiger partial charge in [-0.05, 0) is 31.0 Å². The first-order valence-electron chi connectivity index (χ1n) is 4.85. The van der Waals surface area contributed by atoms with Gasteiger partial charge in [-0.2, -0.15) is 0 Å². The summed E-state index contributed by atoms with van der Waals surface area (Å²) in [5.41, 5.74) is 5.59. The lowest BCUT2D eigenvalue weighted by Gasteiger charge is -2.09. The van der Waals surface area contributed by atoms with Crippen LogP contribution in [-0.2, 0) is 0 Å². The molecule has 1 aliphatic rings. The first-order valence-corrected chi connectivity index (χ1v) is 4.85. The highest BCUT2D eigenvalue weighted by Gasteiger charge is 2.24. The van der Waals surface area contributed by atoms with Gasteiger partial charge in [0.1, 0.15) is 11.5 Å². The van der Waals surface area contributed by atoms with Gasteiger partial charge in [0.25, 0.3) is 5.91 Å². The lowest BCUT2D eigenvalue weighted by molar-refractivity contribution is 0.0997. The summed E-state index contributed by atoms with van der Waals surface area (Å²) in [6.07, 6.45) is 2.47. The third kappa shape index (κ3) is 2.21. The third-order valence-corrected chi connectivity index (χ3v) is 2.26. The third-order valence-electron chi connectivity index (χ3n) is 2.26. The van der Waals surface area contributed by atoms with Crippen LogP contribution < -0.4 is 15.2 Å². The predicted octanol–water partition coefficient (Wildman–Crippen LogP) is 1.34. The Morgan fingerprint density at radius 2 is 2.20 bits per heavy atom. The van der Waals surface area contributed by atoms with Crippen LogP contribution in [0.2, 0.25) is 0 Å². The minimum Gasteiger partial charge on any atom is -0.496 e. The number of carbonyl (C=O) groups is 1. The number of amides is 1. The van der Waals surface area contributed by atoms with E-state index in [1.165, 1.54) is 7.11 Å². The Hall–Kier alpha value is -1.71. The maximum absolute atomic E-state index is 11.1. The molecule has 1 aromatic carbocycles. The van der Waals surface area contributed by atoms with Gasteiger partial charge in [-0.1, -0.05) is 0 Å². The molecule has 0 bridgehead atoms. The van der Waals surface area contributed by atoms with Crippen LogP contribution in [-0.4, -0.2) is 19.1 Å². The number of nitrogens with two attached hydrogens (primary N) is 1. The number of methoxy groups -OCH3 is 1. The summed E-state index contributed by atoms with van der Waals surface area (Å²) in [7, 11) is 1.50. The summed E-state index contributed by atoms with van der Waals surface area (Å²) in [5, 5.41) is 0. The fourth-order valence-corrected chi connectivity index (χ4v) is 1.33. The van der Waals surface area contributed by atoms with Gasteiger partial charge < -0.3 is 15.2 Å². The Balaban J connectivity index is 2.26. The van der Waals surface area contributed by atoms with E-state index >= 15 is 0 Å².